The molecule has 1 aliphatic carbocycles. The summed E-state index contributed by atoms with van der Waals surface area (Å²) in [7, 11) is 0. The van der Waals surface area contributed by atoms with Gasteiger partial charge in [-0.25, -0.2) is 4.39 Å². The van der Waals surface area contributed by atoms with E-state index in [1.165, 1.54) is 25.0 Å². The van der Waals surface area contributed by atoms with Gasteiger partial charge in [0.05, 0.1) is 6.54 Å². The van der Waals surface area contributed by atoms with E-state index in [2.05, 4.69) is 0 Å². The maximum Gasteiger partial charge on any atom is 0.236 e. The van der Waals surface area contributed by atoms with Gasteiger partial charge in [-0.3, -0.25) is 4.79 Å². The minimum Gasteiger partial charge on any atom is -0.338 e. The van der Waals surface area contributed by atoms with Crippen LogP contribution in [0.25, 0.3) is 0 Å². The molecule has 1 aromatic carbocycles. The molecule has 2 N–H and O–H groups in total. The summed E-state index contributed by atoms with van der Waals surface area (Å²) in [6.45, 7) is 0.742. The van der Waals surface area contributed by atoms with Crippen LogP contribution in [0.5, 0.6) is 0 Å². The van der Waals surface area contributed by atoms with Crippen LogP contribution < -0.4 is 5.73 Å². The van der Waals surface area contributed by atoms with Gasteiger partial charge < -0.3 is 10.6 Å². The van der Waals surface area contributed by atoms with E-state index in [-0.39, 0.29) is 18.3 Å². The van der Waals surface area contributed by atoms with Crippen molar-refractivity contribution in [2.75, 3.05) is 13.1 Å². The minimum atomic E-state index is -0.227. The third-order valence-electron chi connectivity index (χ3n) is 3.82. The molecule has 1 aliphatic rings. The zero-order chi connectivity index (χ0) is 13.7. The van der Waals surface area contributed by atoms with E-state index in [0.29, 0.717) is 12.6 Å². The highest BCUT2D eigenvalue weighted by Crippen LogP contribution is 2.23. The molecular formula is C15H21FN2O. The van der Waals surface area contributed by atoms with Gasteiger partial charge in [-0.05, 0) is 37.0 Å². The molecule has 1 amide bonds. The van der Waals surface area contributed by atoms with Gasteiger partial charge in [0.25, 0.3) is 0 Å². The molecule has 1 aromatic rings. The Morgan fingerprint density at radius 2 is 1.89 bits per heavy atom. The summed E-state index contributed by atoms with van der Waals surface area (Å²) in [5, 5.41) is 0. The highest BCUT2D eigenvalue weighted by Gasteiger charge is 2.25. The highest BCUT2D eigenvalue weighted by molar-refractivity contribution is 5.78. The Balaban J connectivity index is 1.95. The van der Waals surface area contributed by atoms with E-state index >= 15 is 0 Å². The molecule has 3 nitrogen and oxygen atoms in total. The Labute approximate surface area is 113 Å². The van der Waals surface area contributed by atoms with Crippen molar-refractivity contribution in [2.45, 2.75) is 38.1 Å². The van der Waals surface area contributed by atoms with Crippen molar-refractivity contribution in [3.63, 3.8) is 0 Å². The Kier molecular flexibility index (Phi) is 4.91. The molecule has 4 heteroatoms. The van der Waals surface area contributed by atoms with Crippen LogP contribution in [0.4, 0.5) is 4.39 Å². The molecule has 104 valence electrons. The van der Waals surface area contributed by atoms with E-state index in [4.69, 9.17) is 5.73 Å². The van der Waals surface area contributed by atoms with Crippen LogP contribution in [-0.4, -0.2) is 29.9 Å². The van der Waals surface area contributed by atoms with E-state index in [1.807, 2.05) is 4.90 Å². The number of hydrogen-bond donors (Lipinski definition) is 1. The summed E-state index contributed by atoms with van der Waals surface area (Å²) in [4.78, 5) is 13.8. The molecule has 0 aliphatic heterocycles. The van der Waals surface area contributed by atoms with Crippen LogP contribution >= 0.6 is 0 Å². The number of rotatable bonds is 5. The maximum atomic E-state index is 12.8. The van der Waals surface area contributed by atoms with Crippen molar-refractivity contribution in [3.05, 3.63) is 35.6 Å². The first-order chi connectivity index (χ1) is 9.20. The Hall–Kier alpha value is -1.42. The summed E-state index contributed by atoms with van der Waals surface area (Å²) in [6, 6.07) is 6.81. The molecule has 2 rings (SSSR count). The fourth-order valence-electron chi connectivity index (χ4n) is 2.74. The molecule has 0 saturated heterocycles. The summed E-state index contributed by atoms with van der Waals surface area (Å²) < 4.78 is 12.8. The predicted octanol–water partition coefficient (Wildman–Crippen LogP) is 2.10. The van der Waals surface area contributed by atoms with Gasteiger partial charge in [0, 0.05) is 12.6 Å². The summed E-state index contributed by atoms with van der Waals surface area (Å²) in [5.74, 6) is -0.205. The number of carbonyl (C=O) groups is 1. The maximum absolute atomic E-state index is 12.8. The van der Waals surface area contributed by atoms with Crippen molar-refractivity contribution in [3.8, 4) is 0 Å². The zero-order valence-corrected chi connectivity index (χ0v) is 11.1. The van der Waals surface area contributed by atoms with Crippen molar-refractivity contribution < 1.29 is 9.18 Å². The van der Waals surface area contributed by atoms with E-state index < -0.39 is 0 Å². The highest BCUT2D eigenvalue weighted by atomic mass is 19.1. The topological polar surface area (TPSA) is 46.3 Å². The average molecular weight is 264 g/mol. The Morgan fingerprint density at radius 1 is 1.26 bits per heavy atom. The molecular weight excluding hydrogens is 243 g/mol. The van der Waals surface area contributed by atoms with Crippen molar-refractivity contribution in [1.29, 1.82) is 0 Å². The number of nitrogens with zero attached hydrogens (tertiary/aromatic N) is 1. The van der Waals surface area contributed by atoms with Gasteiger partial charge in [0.15, 0.2) is 0 Å². The van der Waals surface area contributed by atoms with Crippen LogP contribution in [0.1, 0.15) is 31.2 Å². The lowest BCUT2D eigenvalue weighted by Crippen LogP contribution is -2.43. The van der Waals surface area contributed by atoms with Crippen LogP contribution in [0.3, 0.4) is 0 Å². The molecule has 0 aromatic heterocycles. The monoisotopic (exact) mass is 264 g/mol. The number of benzene rings is 1. The van der Waals surface area contributed by atoms with Crippen molar-refractivity contribution in [1.82, 2.24) is 4.90 Å². The summed E-state index contributed by atoms with van der Waals surface area (Å²) in [5.41, 5.74) is 6.54. The van der Waals surface area contributed by atoms with Gasteiger partial charge in [-0.15, -0.1) is 0 Å². The van der Waals surface area contributed by atoms with Crippen LogP contribution in [0, 0.1) is 5.82 Å². The molecule has 0 spiro atoms. The number of hydrogen-bond acceptors (Lipinski definition) is 2. The molecule has 19 heavy (non-hydrogen) atoms. The van der Waals surface area contributed by atoms with Crippen LogP contribution in [0.15, 0.2) is 24.3 Å². The normalized spacial score (nSPS) is 15.7. The number of amides is 1. The third-order valence-corrected chi connectivity index (χ3v) is 3.82. The smallest absolute Gasteiger partial charge is 0.236 e. The number of halogens is 1. The quantitative estimate of drug-likeness (QED) is 0.885. The molecule has 0 heterocycles. The summed E-state index contributed by atoms with van der Waals surface area (Å²) in [6.07, 6.45) is 5.29. The SMILES string of the molecule is NCC(=O)N(CCc1ccc(F)cc1)C1CCCC1. The van der Waals surface area contributed by atoms with Gasteiger partial charge in [0.2, 0.25) is 5.91 Å². The molecule has 0 unspecified atom stereocenters. The van der Waals surface area contributed by atoms with Crippen LogP contribution in [-0.2, 0) is 11.2 Å². The lowest BCUT2D eigenvalue weighted by atomic mass is 10.1. The fraction of sp³-hybridized carbons (Fsp3) is 0.533. The van der Waals surface area contributed by atoms with Crippen LogP contribution in [0.2, 0.25) is 0 Å². The first-order valence-electron chi connectivity index (χ1n) is 6.94. The predicted molar refractivity (Wildman–Crippen MR) is 73.1 cm³/mol. The first kappa shape index (κ1) is 14.0. The largest absolute Gasteiger partial charge is 0.338 e. The van der Waals surface area contributed by atoms with E-state index in [1.54, 1.807) is 12.1 Å². The molecule has 0 radical (unpaired) electrons. The van der Waals surface area contributed by atoms with Gasteiger partial charge in [-0.2, -0.15) is 0 Å². The van der Waals surface area contributed by atoms with Crippen molar-refractivity contribution in [2.24, 2.45) is 5.73 Å². The van der Waals surface area contributed by atoms with E-state index in [9.17, 15) is 9.18 Å². The lowest BCUT2D eigenvalue weighted by molar-refractivity contribution is -0.131. The Morgan fingerprint density at radius 3 is 2.47 bits per heavy atom. The van der Waals surface area contributed by atoms with Gasteiger partial charge in [-0.1, -0.05) is 25.0 Å². The average Bonchev–Trinajstić information content (AvgIpc) is 2.94. The Bertz CT molecular complexity index is 413. The first-order valence-corrected chi connectivity index (χ1v) is 6.94. The fourth-order valence-corrected chi connectivity index (χ4v) is 2.74. The third kappa shape index (κ3) is 3.77. The lowest BCUT2D eigenvalue weighted by Gasteiger charge is -2.28. The summed E-state index contributed by atoms with van der Waals surface area (Å²) >= 11 is 0. The van der Waals surface area contributed by atoms with Gasteiger partial charge >= 0.3 is 0 Å². The minimum absolute atomic E-state index is 0.0222. The second-order valence-electron chi connectivity index (χ2n) is 5.11. The molecule has 1 saturated carbocycles. The standard InChI is InChI=1S/C15H21FN2O/c16-13-7-5-12(6-8-13)9-10-18(15(19)11-17)14-3-1-2-4-14/h5-8,14H,1-4,9-11,17H2. The van der Waals surface area contributed by atoms with E-state index in [0.717, 1.165) is 24.8 Å². The van der Waals surface area contributed by atoms with Crippen molar-refractivity contribution >= 4 is 5.91 Å². The molecule has 0 bridgehead atoms. The second kappa shape index (κ2) is 6.66. The second-order valence-corrected chi connectivity index (χ2v) is 5.11. The number of carbonyl (C=O) groups excluding carboxylic acids is 1. The molecule has 1 fully saturated rings. The zero-order valence-electron chi connectivity index (χ0n) is 11.1. The number of nitrogens with two attached hydrogens (primary N) is 1. The molecule has 0 atom stereocenters. The van der Waals surface area contributed by atoms with Gasteiger partial charge in [0.1, 0.15) is 5.82 Å².